The number of ether oxygens (including phenoxy) is 1. The van der Waals surface area contributed by atoms with Crippen molar-refractivity contribution in [2.75, 3.05) is 11.9 Å². The van der Waals surface area contributed by atoms with E-state index < -0.39 is 6.09 Å². The number of nitrogens with one attached hydrogen (secondary N) is 1. The van der Waals surface area contributed by atoms with Crippen LogP contribution < -0.4 is 5.32 Å². The van der Waals surface area contributed by atoms with E-state index in [1.807, 2.05) is 43.3 Å². The number of fused-ring (bicyclic) bond motifs is 1. The average molecular weight is 368 g/mol. The Hall–Kier alpha value is -2.97. The van der Waals surface area contributed by atoms with Crippen molar-refractivity contribution < 1.29 is 9.53 Å². The number of carbonyl (C=O) groups excluding carboxylic acids is 1. The van der Waals surface area contributed by atoms with Crippen molar-refractivity contribution in [2.24, 2.45) is 0 Å². The van der Waals surface area contributed by atoms with Gasteiger partial charge in [-0.2, -0.15) is 5.26 Å². The molecule has 0 fully saturated rings. The fourth-order valence-corrected chi connectivity index (χ4v) is 3.27. The van der Waals surface area contributed by atoms with Gasteiger partial charge in [0, 0.05) is 33.7 Å². The van der Waals surface area contributed by atoms with Crippen LogP contribution in [0.1, 0.15) is 19.4 Å². The number of hydrogen-bond acceptors (Lipinski definition) is 3. The summed E-state index contributed by atoms with van der Waals surface area (Å²) in [5, 5.41) is 13.9. The highest BCUT2D eigenvalue weighted by atomic mass is 35.5. The Morgan fingerprint density at radius 1 is 1.27 bits per heavy atom. The third kappa shape index (κ3) is 3.24. The van der Waals surface area contributed by atoms with Crippen molar-refractivity contribution in [1.82, 2.24) is 4.57 Å². The lowest BCUT2D eigenvalue weighted by molar-refractivity contribution is 0.168. The molecule has 0 saturated heterocycles. The second-order valence-electron chi connectivity index (χ2n) is 5.67. The molecule has 0 aliphatic heterocycles. The summed E-state index contributed by atoms with van der Waals surface area (Å²) in [6, 6.07) is 15.2. The van der Waals surface area contributed by atoms with Gasteiger partial charge in [0.1, 0.15) is 6.07 Å². The standard InChI is InChI=1S/C20H18ClN3O2/c1-3-24-18-9-8-14(21)11-16(18)17(12-22)19(24)13-6-5-7-15(10-13)23-20(25)26-4-2/h5-11H,3-4H2,1-2H3,(H,23,25). The lowest BCUT2D eigenvalue weighted by Crippen LogP contribution is -2.13. The number of aromatic nitrogens is 1. The number of hydrogen-bond donors (Lipinski definition) is 1. The first-order chi connectivity index (χ1) is 12.6. The molecule has 0 atom stereocenters. The maximum absolute atomic E-state index is 11.7. The van der Waals surface area contributed by atoms with Crippen LogP contribution in [0, 0.1) is 11.3 Å². The average Bonchev–Trinajstić information content (AvgIpc) is 2.94. The molecule has 5 nitrogen and oxygen atoms in total. The first-order valence-corrected chi connectivity index (χ1v) is 8.72. The number of rotatable bonds is 4. The largest absolute Gasteiger partial charge is 0.450 e. The van der Waals surface area contributed by atoms with E-state index in [9.17, 15) is 10.1 Å². The molecule has 0 spiro atoms. The van der Waals surface area contributed by atoms with E-state index in [2.05, 4.69) is 16.0 Å². The van der Waals surface area contributed by atoms with Gasteiger partial charge in [0.25, 0.3) is 0 Å². The minimum absolute atomic E-state index is 0.301. The smallest absolute Gasteiger partial charge is 0.411 e. The third-order valence-electron chi connectivity index (χ3n) is 4.11. The van der Waals surface area contributed by atoms with Crippen LogP contribution in [-0.4, -0.2) is 17.3 Å². The van der Waals surface area contributed by atoms with E-state index in [1.54, 1.807) is 13.0 Å². The zero-order valence-corrected chi connectivity index (χ0v) is 15.3. The van der Waals surface area contributed by atoms with Gasteiger partial charge in [-0.05, 0) is 44.2 Å². The topological polar surface area (TPSA) is 67.0 Å². The van der Waals surface area contributed by atoms with Gasteiger partial charge in [-0.1, -0.05) is 23.7 Å². The number of amides is 1. The molecule has 0 saturated carbocycles. The fraction of sp³-hybridized carbons (Fsp3) is 0.200. The summed E-state index contributed by atoms with van der Waals surface area (Å²) >= 11 is 6.13. The molecule has 0 unspecified atom stereocenters. The Morgan fingerprint density at radius 2 is 2.08 bits per heavy atom. The van der Waals surface area contributed by atoms with Crippen LogP contribution in [0.25, 0.3) is 22.2 Å². The van der Waals surface area contributed by atoms with Crippen molar-refractivity contribution in [3.05, 3.63) is 53.1 Å². The number of carbonyl (C=O) groups is 1. The van der Waals surface area contributed by atoms with Crippen LogP contribution in [0.2, 0.25) is 5.02 Å². The zero-order chi connectivity index (χ0) is 18.7. The Kier molecular flexibility index (Phi) is 5.15. The Bertz CT molecular complexity index is 1020. The van der Waals surface area contributed by atoms with Crippen molar-refractivity contribution in [3.8, 4) is 17.3 Å². The number of benzene rings is 2. The summed E-state index contributed by atoms with van der Waals surface area (Å²) in [5.74, 6) is 0. The summed E-state index contributed by atoms with van der Waals surface area (Å²) in [4.78, 5) is 11.7. The molecule has 1 amide bonds. The Morgan fingerprint density at radius 3 is 2.77 bits per heavy atom. The fourth-order valence-electron chi connectivity index (χ4n) is 3.10. The normalized spacial score (nSPS) is 10.5. The molecule has 3 rings (SSSR count). The number of nitrogens with zero attached hydrogens (tertiary/aromatic N) is 2. The molecule has 0 aliphatic rings. The predicted molar refractivity (Wildman–Crippen MR) is 103 cm³/mol. The van der Waals surface area contributed by atoms with Gasteiger partial charge in [-0.15, -0.1) is 0 Å². The predicted octanol–water partition coefficient (Wildman–Crippen LogP) is 5.42. The van der Waals surface area contributed by atoms with Crippen molar-refractivity contribution in [2.45, 2.75) is 20.4 Å². The third-order valence-corrected chi connectivity index (χ3v) is 4.35. The summed E-state index contributed by atoms with van der Waals surface area (Å²) in [5.41, 5.74) is 3.77. The van der Waals surface area contributed by atoms with Crippen molar-refractivity contribution >= 4 is 34.3 Å². The van der Waals surface area contributed by atoms with E-state index >= 15 is 0 Å². The van der Waals surface area contributed by atoms with Gasteiger partial charge in [0.2, 0.25) is 0 Å². The van der Waals surface area contributed by atoms with Crippen molar-refractivity contribution in [3.63, 3.8) is 0 Å². The quantitative estimate of drug-likeness (QED) is 0.669. The van der Waals surface area contributed by atoms with E-state index in [0.717, 1.165) is 22.2 Å². The van der Waals surface area contributed by atoms with Gasteiger partial charge in [0.15, 0.2) is 0 Å². The number of anilines is 1. The molecular formula is C20H18ClN3O2. The van der Waals surface area contributed by atoms with Crippen LogP contribution in [0.3, 0.4) is 0 Å². The molecule has 1 N–H and O–H groups in total. The van der Waals surface area contributed by atoms with Crippen LogP contribution in [0.15, 0.2) is 42.5 Å². The summed E-state index contributed by atoms with van der Waals surface area (Å²) in [6.07, 6.45) is -0.507. The highest BCUT2D eigenvalue weighted by Gasteiger charge is 2.18. The Labute approximate surface area is 156 Å². The molecule has 0 radical (unpaired) electrons. The van der Waals surface area contributed by atoms with Crippen LogP contribution in [0.5, 0.6) is 0 Å². The molecule has 0 aliphatic carbocycles. The maximum atomic E-state index is 11.7. The summed E-state index contributed by atoms with van der Waals surface area (Å²) in [7, 11) is 0. The number of nitriles is 1. The zero-order valence-electron chi connectivity index (χ0n) is 14.5. The summed E-state index contributed by atoms with van der Waals surface area (Å²) < 4.78 is 7.00. The molecule has 0 bridgehead atoms. The molecule has 132 valence electrons. The highest BCUT2D eigenvalue weighted by molar-refractivity contribution is 6.31. The maximum Gasteiger partial charge on any atom is 0.411 e. The molecule has 1 aromatic heterocycles. The van der Waals surface area contributed by atoms with E-state index in [4.69, 9.17) is 16.3 Å². The summed E-state index contributed by atoms with van der Waals surface area (Å²) in [6.45, 7) is 4.78. The van der Waals surface area contributed by atoms with Gasteiger partial charge < -0.3 is 9.30 Å². The monoisotopic (exact) mass is 367 g/mol. The number of aryl methyl sites for hydroxylation is 1. The van der Waals surface area contributed by atoms with Crippen LogP contribution in [-0.2, 0) is 11.3 Å². The van der Waals surface area contributed by atoms with Gasteiger partial charge in [0.05, 0.1) is 17.9 Å². The molecule has 26 heavy (non-hydrogen) atoms. The van der Waals surface area contributed by atoms with E-state index in [-0.39, 0.29) is 0 Å². The molecule has 1 heterocycles. The first kappa shape index (κ1) is 17.8. The first-order valence-electron chi connectivity index (χ1n) is 8.35. The minimum Gasteiger partial charge on any atom is -0.450 e. The highest BCUT2D eigenvalue weighted by Crippen LogP contribution is 2.35. The Balaban J connectivity index is 2.16. The van der Waals surface area contributed by atoms with E-state index in [0.29, 0.717) is 29.4 Å². The van der Waals surface area contributed by atoms with Crippen molar-refractivity contribution in [1.29, 1.82) is 5.26 Å². The number of halogens is 1. The molecule has 2 aromatic carbocycles. The van der Waals surface area contributed by atoms with Crippen LogP contribution >= 0.6 is 11.6 Å². The van der Waals surface area contributed by atoms with Gasteiger partial charge in [-0.25, -0.2) is 4.79 Å². The van der Waals surface area contributed by atoms with E-state index in [1.165, 1.54) is 0 Å². The van der Waals surface area contributed by atoms with Gasteiger partial charge in [-0.3, -0.25) is 5.32 Å². The SMILES string of the molecule is CCOC(=O)Nc1cccc(-c2c(C#N)c3cc(Cl)ccc3n2CC)c1. The molecule has 6 heteroatoms. The molecule has 3 aromatic rings. The van der Waals surface area contributed by atoms with Gasteiger partial charge >= 0.3 is 6.09 Å². The lowest BCUT2D eigenvalue weighted by atomic mass is 10.1. The lowest BCUT2D eigenvalue weighted by Gasteiger charge is -2.11. The van der Waals surface area contributed by atoms with Crippen LogP contribution in [0.4, 0.5) is 10.5 Å². The molecular weight excluding hydrogens is 350 g/mol. The second kappa shape index (κ2) is 7.51. The second-order valence-corrected chi connectivity index (χ2v) is 6.10. The minimum atomic E-state index is -0.507.